The maximum atomic E-state index is 16.3. The van der Waals surface area contributed by atoms with Crippen molar-refractivity contribution in [1.29, 1.82) is 15.8 Å². The van der Waals surface area contributed by atoms with Gasteiger partial charge in [0.05, 0.1) is 75.4 Å². The Morgan fingerprint density at radius 2 is 0.716 bits per heavy atom. The van der Waals surface area contributed by atoms with Gasteiger partial charge in [0, 0.05) is 21.5 Å². The van der Waals surface area contributed by atoms with E-state index in [1.165, 1.54) is 18.2 Å². The first kappa shape index (κ1) is 44.3. The number of aromatic nitrogens is 2. The lowest BCUT2D eigenvalue weighted by molar-refractivity contribution is 0.589. The second-order valence-electron chi connectivity index (χ2n) is 17.8. The van der Waals surface area contributed by atoms with Gasteiger partial charge in [-0.15, -0.1) is 0 Å². The highest BCUT2D eigenvalue weighted by molar-refractivity contribution is 6.14. The molecule has 0 aliphatic heterocycles. The van der Waals surface area contributed by atoms with Gasteiger partial charge >= 0.3 is 0 Å². The van der Waals surface area contributed by atoms with Crippen LogP contribution in [0, 0.1) is 58.8 Å². The first-order valence-electron chi connectivity index (χ1n) is 23.4. The van der Waals surface area contributed by atoms with Crippen molar-refractivity contribution in [3.63, 3.8) is 0 Å². The van der Waals surface area contributed by atoms with Gasteiger partial charge in [-0.3, -0.25) is 0 Å². The van der Waals surface area contributed by atoms with Crippen molar-refractivity contribution >= 4 is 55.0 Å². The summed E-state index contributed by atoms with van der Waals surface area (Å²) in [5, 5.41) is 35.1. The van der Waals surface area contributed by atoms with E-state index in [9.17, 15) is 15.8 Å². The van der Waals surface area contributed by atoms with Crippen LogP contribution in [0.15, 0.2) is 200 Å². The average Bonchev–Trinajstić information content (AvgIpc) is 3.96. The van der Waals surface area contributed by atoms with Crippen molar-refractivity contribution in [1.82, 2.24) is 9.13 Å². The van der Waals surface area contributed by atoms with Crippen LogP contribution in [-0.2, 0) is 0 Å². The van der Waals surface area contributed by atoms with Crippen LogP contribution in [0.3, 0.4) is 0 Å². The highest BCUT2D eigenvalue weighted by Gasteiger charge is 2.26. The summed E-state index contributed by atoms with van der Waals surface area (Å²) in [4.78, 5) is 7.63. The molecule has 0 aliphatic rings. The molecule has 0 amide bonds. The Bertz CT molecular complexity index is 4090. The molecule has 0 fully saturated rings. The molecule has 0 saturated heterocycles. The molecule has 0 atom stereocenters. The van der Waals surface area contributed by atoms with Crippen LogP contribution >= 0.6 is 0 Å². The fourth-order valence-corrected chi connectivity index (χ4v) is 10.5. The third-order valence-electron chi connectivity index (χ3n) is 13.9. The lowest BCUT2D eigenvalue weighted by Gasteiger charge is -2.19. The van der Waals surface area contributed by atoms with E-state index in [4.69, 9.17) is 13.1 Å². The predicted molar refractivity (Wildman–Crippen MR) is 289 cm³/mol. The lowest BCUT2D eigenvalue weighted by Crippen LogP contribution is -2.06. The number of rotatable bonds is 7. The summed E-state index contributed by atoms with van der Waals surface area (Å²) >= 11 is 0. The Kier molecular flexibility index (Phi) is 10.7. The van der Waals surface area contributed by atoms with Crippen LogP contribution in [0.25, 0.3) is 120 Å². The molecule has 0 aliphatic carbocycles. The summed E-state index contributed by atoms with van der Waals surface area (Å²) in [5.41, 5.74) is 11.5. The third kappa shape index (κ3) is 7.04. The molecule has 2 aromatic heterocycles. The van der Waals surface area contributed by atoms with Gasteiger partial charge in [-0.25, -0.2) is 18.5 Å². The van der Waals surface area contributed by atoms with Gasteiger partial charge in [0.2, 0.25) is 0 Å². The van der Waals surface area contributed by atoms with E-state index in [0.717, 1.165) is 66.1 Å². The zero-order valence-corrected chi connectivity index (χ0v) is 38.9. The fourth-order valence-electron chi connectivity index (χ4n) is 10.5. The summed E-state index contributed by atoms with van der Waals surface area (Å²) in [6.07, 6.45) is 0. The first-order valence-corrected chi connectivity index (χ1v) is 23.4. The van der Waals surface area contributed by atoms with Gasteiger partial charge in [-0.2, -0.15) is 15.8 Å². The van der Waals surface area contributed by atoms with Crippen molar-refractivity contribution in [3.8, 4) is 85.2 Å². The van der Waals surface area contributed by atoms with E-state index in [1.807, 2.05) is 155 Å². The molecular weight excluding hydrogens is 917 g/mol. The average molecular weight is 950 g/mol. The van der Waals surface area contributed by atoms with E-state index in [2.05, 4.69) is 27.9 Å². The van der Waals surface area contributed by atoms with Gasteiger partial charge in [0.15, 0.2) is 11.4 Å². The molecule has 74 heavy (non-hydrogen) atoms. The quantitative estimate of drug-likeness (QED) is 0.149. The van der Waals surface area contributed by atoms with Crippen molar-refractivity contribution < 1.29 is 8.78 Å². The largest absolute Gasteiger partial charge is 0.308 e. The number of nitrogens with zero attached hydrogens (tertiary/aromatic N) is 7. The van der Waals surface area contributed by atoms with E-state index in [1.54, 1.807) is 36.4 Å². The molecule has 2 heterocycles. The number of benzene rings is 10. The molecule has 10 aromatic carbocycles. The van der Waals surface area contributed by atoms with Gasteiger partial charge in [-0.05, 0) is 135 Å². The van der Waals surface area contributed by atoms with Crippen LogP contribution in [0.2, 0.25) is 0 Å². The maximum absolute atomic E-state index is 16.3. The molecule has 0 spiro atoms. The summed E-state index contributed by atoms with van der Waals surface area (Å²) in [5.74, 6) is -1.58. The molecule has 7 nitrogen and oxygen atoms in total. The van der Waals surface area contributed by atoms with Crippen LogP contribution < -0.4 is 0 Å². The second-order valence-corrected chi connectivity index (χ2v) is 17.8. The topological polar surface area (TPSA) is 89.9 Å². The van der Waals surface area contributed by atoms with E-state index < -0.39 is 11.6 Å². The number of halogens is 2. The molecule has 0 N–H and O–H groups in total. The minimum atomic E-state index is -0.788. The maximum Gasteiger partial charge on any atom is 0.194 e. The summed E-state index contributed by atoms with van der Waals surface area (Å²) < 4.78 is 36.6. The Morgan fingerprint density at radius 3 is 1.08 bits per heavy atom. The second kappa shape index (κ2) is 17.8. The van der Waals surface area contributed by atoms with Gasteiger partial charge in [0.25, 0.3) is 0 Å². The molecule has 0 radical (unpaired) electrons. The number of para-hydroxylation sites is 2. The van der Waals surface area contributed by atoms with Crippen LogP contribution in [0.1, 0.15) is 16.7 Å². The summed E-state index contributed by atoms with van der Waals surface area (Å²) in [6, 6.07) is 67.3. The van der Waals surface area contributed by atoms with Crippen molar-refractivity contribution in [2.45, 2.75) is 0 Å². The molecular formula is C65H33F2N7. The normalized spacial score (nSPS) is 11.0. The Labute approximate surface area is 423 Å². The minimum Gasteiger partial charge on any atom is -0.308 e. The summed E-state index contributed by atoms with van der Waals surface area (Å²) in [6.45, 7) is 15.9. The van der Waals surface area contributed by atoms with E-state index >= 15 is 8.78 Å². The van der Waals surface area contributed by atoms with Gasteiger partial charge in [0.1, 0.15) is 23.3 Å². The number of fused-ring (bicyclic) bond motifs is 6. The van der Waals surface area contributed by atoms with Crippen molar-refractivity contribution in [2.75, 3.05) is 0 Å². The smallest absolute Gasteiger partial charge is 0.194 e. The molecule has 12 rings (SSSR count). The first-order chi connectivity index (χ1) is 36.3. The highest BCUT2D eigenvalue weighted by Crippen LogP contribution is 2.45. The lowest BCUT2D eigenvalue weighted by atomic mass is 9.97. The number of nitriles is 3. The summed E-state index contributed by atoms with van der Waals surface area (Å²) in [7, 11) is 0. The molecule has 0 bridgehead atoms. The minimum absolute atomic E-state index is 0.180. The number of hydrogen-bond donors (Lipinski definition) is 0. The zero-order valence-electron chi connectivity index (χ0n) is 38.9. The Balaban J connectivity index is 1.21. The van der Waals surface area contributed by atoms with Gasteiger partial charge < -0.3 is 9.13 Å². The fraction of sp³-hybridized carbons (Fsp3) is 0. The molecule has 0 saturated carbocycles. The van der Waals surface area contributed by atoms with E-state index in [-0.39, 0.29) is 16.7 Å². The van der Waals surface area contributed by atoms with Crippen LogP contribution in [0.5, 0.6) is 0 Å². The molecule has 9 heteroatoms. The highest BCUT2D eigenvalue weighted by atomic mass is 19.1. The van der Waals surface area contributed by atoms with Crippen LogP contribution in [-0.4, -0.2) is 9.13 Å². The third-order valence-corrected chi connectivity index (χ3v) is 13.9. The van der Waals surface area contributed by atoms with E-state index in [0.29, 0.717) is 55.9 Å². The molecule has 12 aromatic rings. The SMILES string of the molecule is [C-]#[N+]c1ccccc1-c1ccc2c(c1)c1cc(-c3ccccc3C#N)ccc1n2-c1cc(-c2c(F)cccc2F)cc(-n2c3ccc(-c4ccccc4C#N)cc3c3cc(-c4ccccc4[N+]#[C-])ccc32)c1C#N. The monoisotopic (exact) mass is 949 g/mol. The standard InChI is InChI=1S/C65H33F2N7/c1-71-57-20-9-7-16-48(57)41-24-28-61-52(32-41)50-30-39(46-14-5-3-12-43(46)36-68)22-26-59(50)73(61)63-34-45(65-55(66)18-11-19-56(65)67)35-64(54(63)38-70)74-60-27-23-40(47-15-6-4-13-44(47)37-69)31-51(60)53-33-42(25-29-62(53)74)49-17-8-10-21-58(49)72-2/h3-35H. The van der Waals surface area contributed by atoms with Crippen molar-refractivity contribution in [2.24, 2.45) is 0 Å². The number of hydrogen-bond acceptors (Lipinski definition) is 3. The zero-order chi connectivity index (χ0) is 50.6. The molecule has 342 valence electrons. The van der Waals surface area contributed by atoms with Gasteiger partial charge in [-0.1, -0.05) is 115 Å². The Morgan fingerprint density at radius 1 is 0.365 bits per heavy atom. The van der Waals surface area contributed by atoms with Crippen LogP contribution in [0.4, 0.5) is 20.2 Å². The Hall–Kier alpha value is -10.9. The predicted octanol–water partition coefficient (Wildman–Crippen LogP) is 17.2. The molecule has 0 unspecified atom stereocenters. The van der Waals surface area contributed by atoms with Crippen molar-refractivity contribution in [3.05, 3.63) is 251 Å².